The molecule has 0 aliphatic carbocycles. The fourth-order valence-corrected chi connectivity index (χ4v) is 1.85. The van der Waals surface area contributed by atoms with E-state index < -0.39 is 11.7 Å². The van der Waals surface area contributed by atoms with Crippen molar-refractivity contribution in [1.29, 1.82) is 0 Å². The van der Waals surface area contributed by atoms with Crippen molar-refractivity contribution in [2.75, 3.05) is 11.1 Å². The maximum absolute atomic E-state index is 13.2. The molecule has 1 amide bonds. The lowest BCUT2D eigenvalue weighted by Gasteiger charge is -2.08. The Labute approximate surface area is 117 Å². The van der Waals surface area contributed by atoms with Gasteiger partial charge in [-0.25, -0.2) is 4.39 Å². The summed E-state index contributed by atoms with van der Waals surface area (Å²) in [4.78, 5) is 11.9. The molecule has 19 heavy (non-hydrogen) atoms. The van der Waals surface area contributed by atoms with Crippen LogP contribution < -0.4 is 11.1 Å². The number of benzene rings is 2. The highest BCUT2D eigenvalue weighted by molar-refractivity contribution is 9.10. The zero-order chi connectivity index (χ0) is 14.0. The molecule has 2 rings (SSSR count). The minimum absolute atomic E-state index is 0.00306. The smallest absolute Gasteiger partial charge is 0.259 e. The van der Waals surface area contributed by atoms with Gasteiger partial charge in [-0.05, 0) is 36.4 Å². The van der Waals surface area contributed by atoms with Crippen LogP contribution in [0.1, 0.15) is 10.4 Å². The zero-order valence-corrected chi connectivity index (χ0v) is 11.2. The molecule has 0 spiro atoms. The first-order valence-electron chi connectivity index (χ1n) is 5.32. The molecule has 4 nitrogen and oxygen atoms in total. The van der Waals surface area contributed by atoms with E-state index in [1.54, 1.807) is 6.07 Å². The van der Waals surface area contributed by atoms with Crippen LogP contribution in [0.25, 0.3) is 0 Å². The monoisotopic (exact) mass is 324 g/mol. The molecule has 4 N–H and O–H groups in total. The summed E-state index contributed by atoms with van der Waals surface area (Å²) in [5, 5.41) is 12.1. The summed E-state index contributed by atoms with van der Waals surface area (Å²) in [7, 11) is 0. The summed E-state index contributed by atoms with van der Waals surface area (Å²) in [6, 6.07) is 8.41. The number of halogens is 2. The third-order valence-corrected chi connectivity index (χ3v) is 2.95. The molecule has 0 saturated carbocycles. The van der Waals surface area contributed by atoms with Gasteiger partial charge in [-0.15, -0.1) is 0 Å². The molecule has 0 aliphatic heterocycles. The van der Waals surface area contributed by atoms with Crippen molar-refractivity contribution in [1.82, 2.24) is 0 Å². The zero-order valence-electron chi connectivity index (χ0n) is 9.65. The predicted octanol–water partition coefficient (Wildman–Crippen LogP) is 3.13. The number of nitrogens with two attached hydrogens (primary N) is 1. The van der Waals surface area contributed by atoms with Crippen LogP contribution in [-0.2, 0) is 0 Å². The average molecular weight is 325 g/mol. The van der Waals surface area contributed by atoms with Crippen LogP contribution in [-0.4, -0.2) is 11.0 Å². The Morgan fingerprint density at radius 3 is 2.68 bits per heavy atom. The van der Waals surface area contributed by atoms with E-state index in [2.05, 4.69) is 21.2 Å². The van der Waals surface area contributed by atoms with Crippen LogP contribution in [0.15, 0.2) is 40.9 Å². The number of rotatable bonds is 2. The first-order chi connectivity index (χ1) is 8.97. The Morgan fingerprint density at radius 1 is 1.26 bits per heavy atom. The van der Waals surface area contributed by atoms with Gasteiger partial charge in [-0.2, -0.15) is 0 Å². The Morgan fingerprint density at radius 2 is 2.00 bits per heavy atom. The van der Waals surface area contributed by atoms with Gasteiger partial charge in [0, 0.05) is 10.2 Å². The van der Waals surface area contributed by atoms with Crippen LogP contribution in [0, 0.1) is 5.82 Å². The second-order valence-electron chi connectivity index (χ2n) is 3.85. The molecule has 0 atom stereocenters. The molecular formula is C13H10BrFN2O2. The number of nitrogens with one attached hydrogen (secondary N) is 1. The van der Waals surface area contributed by atoms with E-state index >= 15 is 0 Å². The second-order valence-corrected chi connectivity index (χ2v) is 4.77. The molecule has 0 saturated heterocycles. The highest BCUT2D eigenvalue weighted by Gasteiger charge is 2.12. The first-order valence-corrected chi connectivity index (χ1v) is 6.11. The summed E-state index contributed by atoms with van der Waals surface area (Å²) in [6.45, 7) is 0. The lowest BCUT2D eigenvalue weighted by Crippen LogP contribution is -2.12. The number of carbonyl (C=O) groups excluding carboxylic acids is 1. The van der Waals surface area contributed by atoms with Gasteiger partial charge in [-0.1, -0.05) is 15.9 Å². The van der Waals surface area contributed by atoms with E-state index in [0.717, 1.165) is 6.07 Å². The van der Waals surface area contributed by atoms with Crippen molar-refractivity contribution >= 4 is 33.2 Å². The van der Waals surface area contributed by atoms with Gasteiger partial charge in [0.1, 0.15) is 11.6 Å². The number of phenolic OH excluding ortho intramolecular Hbond substituents is 1. The molecule has 0 radical (unpaired) electrons. The standard InChI is InChI=1S/C13H10BrFN2O2/c14-7-1-4-12(18)9(5-7)13(19)17-8-2-3-11(16)10(15)6-8/h1-6,18H,16H2,(H,17,19). The lowest BCUT2D eigenvalue weighted by atomic mass is 10.2. The largest absolute Gasteiger partial charge is 0.507 e. The minimum Gasteiger partial charge on any atom is -0.507 e. The van der Waals surface area contributed by atoms with Gasteiger partial charge in [0.25, 0.3) is 5.91 Å². The lowest BCUT2D eigenvalue weighted by molar-refractivity contribution is 0.102. The van der Waals surface area contributed by atoms with E-state index in [1.807, 2.05) is 0 Å². The SMILES string of the molecule is Nc1ccc(NC(=O)c2cc(Br)ccc2O)cc1F. The van der Waals surface area contributed by atoms with Gasteiger partial charge >= 0.3 is 0 Å². The van der Waals surface area contributed by atoms with Crippen LogP contribution in [0.4, 0.5) is 15.8 Å². The van der Waals surface area contributed by atoms with E-state index in [0.29, 0.717) is 4.47 Å². The predicted molar refractivity (Wildman–Crippen MR) is 74.6 cm³/mol. The Hall–Kier alpha value is -2.08. The highest BCUT2D eigenvalue weighted by Crippen LogP contribution is 2.23. The van der Waals surface area contributed by atoms with Crippen molar-refractivity contribution in [2.24, 2.45) is 0 Å². The number of aromatic hydroxyl groups is 1. The number of amides is 1. The number of phenols is 1. The maximum Gasteiger partial charge on any atom is 0.259 e. The van der Waals surface area contributed by atoms with Crippen molar-refractivity contribution in [3.63, 3.8) is 0 Å². The summed E-state index contributed by atoms with van der Waals surface area (Å²) in [5.41, 5.74) is 5.69. The topological polar surface area (TPSA) is 75.3 Å². The Bertz CT molecular complexity index is 647. The molecule has 0 aliphatic rings. The van der Waals surface area contributed by atoms with Crippen LogP contribution in [0.3, 0.4) is 0 Å². The fourth-order valence-electron chi connectivity index (χ4n) is 1.49. The van der Waals surface area contributed by atoms with Crippen molar-refractivity contribution in [2.45, 2.75) is 0 Å². The number of hydrogen-bond acceptors (Lipinski definition) is 3. The summed E-state index contributed by atoms with van der Waals surface area (Å²) in [6.07, 6.45) is 0. The van der Waals surface area contributed by atoms with Crippen molar-refractivity contribution in [3.05, 3.63) is 52.3 Å². The third kappa shape index (κ3) is 3.03. The van der Waals surface area contributed by atoms with E-state index in [1.165, 1.54) is 24.3 Å². The molecule has 0 unspecified atom stereocenters. The first kappa shape index (κ1) is 13.4. The third-order valence-electron chi connectivity index (χ3n) is 2.46. The Balaban J connectivity index is 2.25. The number of anilines is 2. The summed E-state index contributed by atoms with van der Waals surface area (Å²) in [5.74, 6) is -1.31. The van der Waals surface area contributed by atoms with E-state index in [-0.39, 0.29) is 22.7 Å². The minimum atomic E-state index is -0.615. The maximum atomic E-state index is 13.2. The molecule has 0 heterocycles. The van der Waals surface area contributed by atoms with Crippen LogP contribution in [0.2, 0.25) is 0 Å². The highest BCUT2D eigenvalue weighted by atomic mass is 79.9. The van der Waals surface area contributed by atoms with Gasteiger partial charge in [0.05, 0.1) is 11.3 Å². The normalized spacial score (nSPS) is 10.2. The second kappa shape index (κ2) is 5.27. The molecular weight excluding hydrogens is 315 g/mol. The molecule has 98 valence electrons. The van der Waals surface area contributed by atoms with Crippen LogP contribution >= 0.6 is 15.9 Å². The van der Waals surface area contributed by atoms with Gasteiger partial charge < -0.3 is 16.2 Å². The van der Waals surface area contributed by atoms with Crippen molar-refractivity contribution in [3.8, 4) is 5.75 Å². The molecule has 0 aromatic heterocycles. The van der Waals surface area contributed by atoms with Gasteiger partial charge in [-0.3, -0.25) is 4.79 Å². The molecule has 2 aromatic rings. The fraction of sp³-hybridized carbons (Fsp3) is 0. The van der Waals surface area contributed by atoms with Gasteiger partial charge in [0.2, 0.25) is 0 Å². The van der Waals surface area contributed by atoms with Gasteiger partial charge in [0.15, 0.2) is 0 Å². The summed E-state index contributed by atoms with van der Waals surface area (Å²) < 4.78 is 13.9. The van der Waals surface area contributed by atoms with E-state index in [9.17, 15) is 14.3 Å². The van der Waals surface area contributed by atoms with Crippen molar-refractivity contribution < 1.29 is 14.3 Å². The molecule has 0 fully saturated rings. The van der Waals surface area contributed by atoms with Crippen LogP contribution in [0.5, 0.6) is 5.75 Å². The number of nitrogen functional groups attached to an aromatic ring is 1. The quantitative estimate of drug-likeness (QED) is 0.743. The Kier molecular flexibility index (Phi) is 3.71. The summed E-state index contributed by atoms with van der Waals surface area (Å²) >= 11 is 3.20. The average Bonchev–Trinajstić information content (AvgIpc) is 2.36. The molecule has 6 heteroatoms. The molecule has 2 aromatic carbocycles. The number of carbonyl (C=O) groups is 1. The molecule has 0 bridgehead atoms. The number of hydrogen-bond donors (Lipinski definition) is 3. The van der Waals surface area contributed by atoms with E-state index in [4.69, 9.17) is 5.73 Å².